The molecule has 3 atom stereocenters. The van der Waals surface area contributed by atoms with Crippen molar-refractivity contribution in [2.75, 3.05) is 19.5 Å². The second kappa shape index (κ2) is 12.7. The number of benzene rings is 3. The number of anilines is 1. The Balaban J connectivity index is 2.07. The molecule has 1 amide bonds. The highest BCUT2D eigenvalue weighted by molar-refractivity contribution is 9.10. The van der Waals surface area contributed by atoms with Gasteiger partial charge >= 0.3 is 5.97 Å². The summed E-state index contributed by atoms with van der Waals surface area (Å²) >= 11 is 9.44. The Hall–Kier alpha value is -3.16. The van der Waals surface area contributed by atoms with Gasteiger partial charge in [-0.2, -0.15) is 0 Å². The van der Waals surface area contributed by atoms with Gasteiger partial charge in [0.1, 0.15) is 11.7 Å². The molecule has 0 heterocycles. The van der Waals surface area contributed by atoms with Gasteiger partial charge in [-0.15, -0.1) is 0 Å². The number of ether oxygens (including phenoxy) is 2. The Bertz CT molecular complexity index is 1200. The monoisotopic (exact) mass is 571 g/mol. The van der Waals surface area contributed by atoms with Crippen molar-refractivity contribution in [2.45, 2.75) is 19.3 Å². The van der Waals surface area contributed by atoms with Crippen LogP contribution in [0.5, 0.6) is 5.75 Å². The molecule has 3 aromatic rings. The van der Waals surface area contributed by atoms with E-state index in [4.69, 9.17) is 21.1 Å². The molecule has 3 aromatic carbocycles. The normalized spacial score (nSPS) is 13.2. The van der Waals surface area contributed by atoms with Gasteiger partial charge in [-0.3, -0.25) is 14.4 Å². The summed E-state index contributed by atoms with van der Waals surface area (Å²) in [6, 6.07) is 20.6. The molecule has 36 heavy (non-hydrogen) atoms. The van der Waals surface area contributed by atoms with Gasteiger partial charge in [-0.1, -0.05) is 46.6 Å². The Morgan fingerprint density at radius 1 is 0.917 bits per heavy atom. The Morgan fingerprint density at radius 3 is 2.06 bits per heavy atom. The van der Waals surface area contributed by atoms with Gasteiger partial charge in [-0.05, 0) is 72.6 Å². The lowest BCUT2D eigenvalue weighted by molar-refractivity contribution is -0.150. The molecule has 0 aliphatic carbocycles. The van der Waals surface area contributed by atoms with Gasteiger partial charge in [0.25, 0.3) is 0 Å². The number of halogens is 2. The van der Waals surface area contributed by atoms with Gasteiger partial charge in [0, 0.05) is 32.6 Å². The van der Waals surface area contributed by atoms with Crippen molar-refractivity contribution in [3.8, 4) is 5.75 Å². The molecular weight excluding hydrogens is 546 g/mol. The average Bonchev–Trinajstić information content (AvgIpc) is 2.89. The fourth-order valence-corrected chi connectivity index (χ4v) is 4.60. The molecule has 6 nitrogen and oxygen atoms in total. The minimum Gasteiger partial charge on any atom is -0.497 e. The SMILES string of the molecule is CC[C@H](C(=O)c1ccc(Cl)cc1)[C@H](c1ccc(Br)cc1)[C@@H](C(=O)Nc1ccc(OC)cc1)C(=O)OC. The molecule has 0 aliphatic rings. The predicted octanol–water partition coefficient (Wildman–Crippen LogP) is 6.53. The third-order valence-electron chi connectivity index (χ3n) is 6.05. The highest BCUT2D eigenvalue weighted by Crippen LogP contribution is 2.38. The molecular formula is C28H27BrClNO5. The van der Waals surface area contributed by atoms with Crippen molar-refractivity contribution in [3.63, 3.8) is 0 Å². The van der Waals surface area contributed by atoms with E-state index in [0.717, 1.165) is 4.47 Å². The number of hydrogen-bond acceptors (Lipinski definition) is 5. The van der Waals surface area contributed by atoms with Crippen molar-refractivity contribution in [3.05, 3.63) is 93.4 Å². The first-order chi connectivity index (χ1) is 17.3. The number of methoxy groups -OCH3 is 2. The van der Waals surface area contributed by atoms with E-state index in [1.54, 1.807) is 55.6 Å². The van der Waals surface area contributed by atoms with Crippen LogP contribution in [0.1, 0.15) is 35.2 Å². The minimum absolute atomic E-state index is 0.187. The van der Waals surface area contributed by atoms with E-state index in [9.17, 15) is 14.4 Å². The number of nitrogens with one attached hydrogen (secondary N) is 1. The summed E-state index contributed by atoms with van der Waals surface area (Å²) in [5.41, 5.74) is 1.61. The Kier molecular flexibility index (Phi) is 9.67. The number of Topliss-reactive ketones (excluding diaryl/α,β-unsaturated/α-hetero) is 1. The Labute approximate surface area is 224 Å². The molecule has 0 aliphatic heterocycles. The van der Waals surface area contributed by atoms with Crippen molar-refractivity contribution >= 4 is 50.9 Å². The molecule has 3 rings (SSSR count). The maximum Gasteiger partial charge on any atom is 0.318 e. The van der Waals surface area contributed by atoms with Crippen LogP contribution in [-0.4, -0.2) is 31.9 Å². The van der Waals surface area contributed by atoms with E-state index in [1.807, 2.05) is 31.2 Å². The molecule has 0 bridgehead atoms. The van der Waals surface area contributed by atoms with E-state index in [2.05, 4.69) is 21.2 Å². The zero-order chi connectivity index (χ0) is 26.2. The standard InChI is InChI=1S/C28H27BrClNO5/c1-4-23(26(32)18-7-11-20(30)12-8-18)24(17-5-9-19(29)10-6-17)25(28(34)36-3)27(33)31-21-13-15-22(35-2)16-14-21/h5-16,23-25H,4H2,1-3H3,(H,31,33)/t23-,24-,25-/m0/s1. The summed E-state index contributed by atoms with van der Waals surface area (Å²) in [4.78, 5) is 40.4. The predicted molar refractivity (Wildman–Crippen MR) is 144 cm³/mol. The van der Waals surface area contributed by atoms with Crippen molar-refractivity contribution < 1.29 is 23.9 Å². The van der Waals surface area contributed by atoms with Crippen LogP contribution in [0.25, 0.3) is 0 Å². The first-order valence-corrected chi connectivity index (χ1v) is 12.5. The topological polar surface area (TPSA) is 81.7 Å². The number of ketones is 1. The third kappa shape index (κ3) is 6.53. The van der Waals surface area contributed by atoms with E-state index >= 15 is 0 Å². The molecule has 0 aromatic heterocycles. The van der Waals surface area contributed by atoms with Crippen LogP contribution >= 0.6 is 27.5 Å². The highest BCUT2D eigenvalue weighted by Gasteiger charge is 2.43. The number of amides is 1. The average molecular weight is 573 g/mol. The molecule has 0 spiro atoms. The quantitative estimate of drug-likeness (QED) is 0.170. The first kappa shape index (κ1) is 27.4. The van der Waals surface area contributed by atoms with Crippen LogP contribution in [0.4, 0.5) is 5.69 Å². The number of rotatable bonds is 10. The lowest BCUT2D eigenvalue weighted by Gasteiger charge is -2.31. The van der Waals surface area contributed by atoms with Gasteiger partial charge in [-0.25, -0.2) is 0 Å². The molecule has 0 saturated carbocycles. The van der Waals surface area contributed by atoms with Gasteiger partial charge in [0.05, 0.1) is 14.2 Å². The second-order valence-corrected chi connectivity index (χ2v) is 9.53. The highest BCUT2D eigenvalue weighted by atomic mass is 79.9. The van der Waals surface area contributed by atoms with Crippen LogP contribution in [0.2, 0.25) is 5.02 Å². The largest absolute Gasteiger partial charge is 0.497 e. The fourth-order valence-electron chi connectivity index (χ4n) is 4.21. The maximum absolute atomic E-state index is 13.7. The zero-order valence-electron chi connectivity index (χ0n) is 20.2. The van der Waals surface area contributed by atoms with Crippen molar-refractivity contribution in [2.24, 2.45) is 11.8 Å². The zero-order valence-corrected chi connectivity index (χ0v) is 22.5. The number of hydrogen-bond donors (Lipinski definition) is 1. The van der Waals surface area contributed by atoms with Crippen LogP contribution in [0.15, 0.2) is 77.3 Å². The Morgan fingerprint density at radius 2 is 1.53 bits per heavy atom. The van der Waals surface area contributed by atoms with Gasteiger partial charge < -0.3 is 14.8 Å². The summed E-state index contributed by atoms with van der Waals surface area (Å²) in [6.07, 6.45) is 0.394. The molecule has 188 valence electrons. The van der Waals surface area contributed by atoms with Crippen molar-refractivity contribution in [1.82, 2.24) is 0 Å². The van der Waals surface area contributed by atoms with Crippen molar-refractivity contribution in [1.29, 1.82) is 0 Å². The number of esters is 1. The minimum atomic E-state index is -1.28. The summed E-state index contributed by atoms with van der Waals surface area (Å²) in [7, 11) is 2.78. The smallest absolute Gasteiger partial charge is 0.318 e. The summed E-state index contributed by atoms with van der Waals surface area (Å²) in [5.74, 6) is -3.59. The van der Waals surface area contributed by atoms with E-state index in [0.29, 0.717) is 34.0 Å². The fraction of sp³-hybridized carbons (Fsp3) is 0.250. The van der Waals surface area contributed by atoms with E-state index < -0.39 is 29.6 Å². The summed E-state index contributed by atoms with van der Waals surface area (Å²) < 4.78 is 11.1. The lowest BCUT2D eigenvalue weighted by atomic mass is 9.72. The van der Waals surface area contributed by atoms with E-state index in [1.165, 1.54) is 7.11 Å². The van der Waals surface area contributed by atoms with Crippen LogP contribution in [-0.2, 0) is 14.3 Å². The number of carbonyl (C=O) groups is 3. The molecule has 8 heteroatoms. The first-order valence-electron chi connectivity index (χ1n) is 11.4. The van der Waals surface area contributed by atoms with Gasteiger partial charge in [0.15, 0.2) is 5.78 Å². The molecule has 0 fully saturated rings. The van der Waals surface area contributed by atoms with Crippen LogP contribution in [0, 0.1) is 11.8 Å². The van der Waals surface area contributed by atoms with E-state index in [-0.39, 0.29) is 5.78 Å². The lowest BCUT2D eigenvalue weighted by Crippen LogP contribution is -2.40. The summed E-state index contributed by atoms with van der Waals surface area (Å²) in [6.45, 7) is 1.86. The third-order valence-corrected chi connectivity index (χ3v) is 6.83. The second-order valence-electron chi connectivity index (χ2n) is 8.18. The molecule has 0 saturated heterocycles. The molecule has 0 radical (unpaired) electrons. The van der Waals surface area contributed by atoms with Gasteiger partial charge in [0.2, 0.25) is 5.91 Å². The summed E-state index contributed by atoms with van der Waals surface area (Å²) in [5, 5.41) is 3.31. The number of carbonyl (C=O) groups excluding carboxylic acids is 3. The maximum atomic E-state index is 13.7. The molecule has 1 N–H and O–H groups in total. The molecule has 0 unspecified atom stereocenters. The van der Waals surface area contributed by atoms with Crippen LogP contribution < -0.4 is 10.1 Å². The van der Waals surface area contributed by atoms with Crippen LogP contribution in [0.3, 0.4) is 0 Å².